The number of anilines is 2. The third kappa shape index (κ3) is 3.43. The Hall–Kier alpha value is -3.03. The zero-order chi connectivity index (χ0) is 20.7. The lowest BCUT2D eigenvalue weighted by Gasteiger charge is -2.16. The third-order valence-corrected chi connectivity index (χ3v) is 5.59. The lowest BCUT2D eigenvalue weighted by Crippen LogP contribution is -2.32. The highest BCUT2D eigenvalue weighted by Crippen LogP contribution is 2.36. The number of carbonyl (C=O) groups excluding carboxylic acids is 2. The summed E-state index contributed by atoms with van der Waals surface area (Å²) in [5, 5.41) is 5.26. The first-order valence-electron chi connectivity index (χ1n) is 8.52. The number of benzene rings is 2. The number of carbonyl (C=O) groups is 2. The van der Waals surface area contributed by atoms with E-state index in [0.717, 1.165) is 22.6 Å². The van der Waals surface area contributed by atoms with Crippen LogP contribution in [0.5, 0.6) is 0 Å². The molecule has 2 amide bonds. The van der Waals surface area contributed by atoms with Gasteiger partial charge in [-0.1, -0.05) is 23.7 Å². The van der Waals surface area contributed by atoms with Crippen molar-refractivity contribution in [1.29, 1.82) is 0 Å². The molecule has 3 aromatic rings. The largest absolute Gasteiger partial charge is 0.350 e. The molecule has 146 valence electrons. The lowest BCUT2D eigenvalue weighted by atomic mass is 10.1. The molecule has 0 saturated heterocycles. The number of amides is 2. The summed E-state index contributed by atoms with van der Waals surface area (Å²) in [6.45, 7) is 1.83. The molecule has 0 fully saturated rings. The second kappa shape index (κ2) is 7.42. The first-order chi connectivity index (χ1) is 13.9. The average molecular weight is 431 g/mol. The van der Waals surface area contributed by atoms with Crippen LogP contribution in [0.15, 0.2) is 59.6 Å². The second-order valence-electron chi connectivity index (χ2n) is 6.36. The van der Waals surface area contributed by atoms with E-state index in [1.165, 1.54) is 17.4 Å². The van der Waals surface area contributed by atoms with Crippen LogP contribution < -0.4 is 10.2 Å². The number of nitrogens with one attached hydrogen (secondary N) is 1. The van der Waals surface area contributed by atoms with Crippen molar-refractivity contribution in [3.05, 3.63) is 86.7 Å². The van der Waals surface area contributed by atoms with Gasteiger partial charge < -0.3 is 5.32 Å². The van der Waals surface area contributed by atoms with Crippen LogP contribution in [0.25, 0.3) is 5.57 Å². The van der Waals surface area contributed by atoms with E-state index in [9.17, 15) is 18.4 Å². The van der Waals surface area contributed by atoms with E-state index in [-0.39, 0.29) is 17.0 Å². The topological polar surface area (TPSA) is 49.4 Å². The van der Waals surface area contributed by atoms with E-state index >= 15 is 0 Å². The van der Waals surface area contributed by atoms with Crippen LogP contribution in [0.4, 0.5) is 20.2 Å². The maximum atomic E-state index is 13.7. The Morgan fingerprint density at radius 1 is 1.00 bits per heavy atom. The van der Waals surface area contributed by atoms with Crippen molar-refractivity contribution in [3.8, 4) is 0 Å². The summed E-state index contributed by atoms with van der Waals surface area (Å²) in [5.74, 6) is -3.49. The molecule has 29 heavy (non-hydrogen) atoms. The molecule has 0 unspecified atom stereocenters. The zero-order valence-corrected chi connectivity index (χ0v) is 16.6. The van der Waals surface area contributed by atoms with Gasteiger partial charge in [-0.25, -0.2) is 13.7 Å². The van der Waals surface area contributed by atoms with Gasteiger partial charge in [0.15, 0.2) is 11.6 Å². The monoisotopic (exact) mass is 430 g/mol. The van der Waals surface area contributed by atoms with Gasteiger partial charge in [-0.15, -0.1) is 11.3 Å². The molecule has 0 saturated carbocycles. The molecule has 2 aromatic carbocycles. The normalized spacial score (nSPS) is 14.1. The Kier molecular flexibility index (Phi) is 4.94. The highest BCUT2D eigenvalue weighted by Gasteiger charge is 2.41. The fourth-order valence-corrected chi connectivity index (χ4v) is 3.96. The van der Waals surface area contributed by atoms with Crippen molar-refractivity contribution < 1.29 is 18.4 Å². The number of thiophene rings is 1. The highest BCUT2D eigenvalue weighted by molar-refractivity contribution is 7.11. The molecular formula is C21H13ClF2N2O2S. The predicted octanol–water partition coefficient (Wildman–Crippen LogP) is 5.38. The van der Waals surface area contributed by atoms with Crippen LogP contribution in [0.1, 0.15) is 10.4 Å². The van der Waals surface area contributed by atoms with Crippen LogP contribution in [-0.2, 0) is 9.59 Å². The van der Waals surface area contributed by atoms with Crippen molar-refractivity contribution in [3.63, 3.8) is 0 Å². The van der Waals surface area contributed by atoms with Crippen LogP contribution in [-0.4, -0.2) is 11.8 Å². The summed E-state index contributed by atoms with van der Waals surface area (Å²) < 4.78 is 27.1. The Morgan fingerprint density at radius 3 is 2.48 bits per heavy atom. The minimum atomic E-state index is -1.15. The minimum absolute atomic E-state index is 0.0485. The number of halogens is 3. The number of rotatable bonds is 4. The van der Waals surface area contributed by atoms with Gasteiger partial charge in [-0.3, -0.25) is 9.59 Å². The summed E-state index contributed by atoms with van der Waals surface area (Å²) in [5.41, 5.74) is 1.54. The molecule has 8 heteroatoms. The maximum absolute atomic E-state index is 13.7. The van der Waals surface area contributed by atoms with Crippen molar-refractivity contribution in [2.24, 2.45) is 0 Å². The van der Waals surface area contributed by atoms with Crippen LogP contribution >= 0.6 is 22.9 Å². The number of nitrogens with zero attached hydrogens (tertiary/aromatic N) is 1. The molecule has 1 aliphatic heterocycles. The Morgan fingerprint density at radius 2 is 1.79 bits per heavy atom. The number of hydrogen-bond acceptors (Lipinski definition) is 4. The quantitative estimate of drug-likeness (QED) is 0.565. The second-order valence-corrected chi connectivity index (χ2v) is 7.74. The van der Waals surface area contributed by atoms with Gasteiger partial charge in [0.05, 0.1) is 11.3 Å². The third-order valence-electron chi connectivity index (χ3n) is 4.47. The van der Waals surface area contributed by atoms with Gasteiger partial charge in [0.25, 0.3) is 11.8 Å². The molecule has 0 radical (unpaired) electrons. The average Bonchev–Trinajstić information content (AvgIpc) is 3.28. The Labute approximate surface area is 174 Å². The van der Waals surface area contributed by atoms with E-state index in [2.05, 4.69) is 5.32 Å². The SMILES string of the molecule is Cc1ccc(Cl)cc1NC1=C(c2cccs2)C(=O)N(c2ccc(F)c(F)c2)C1=O. The molecule has 1 aromatic heterocycles. The summed E-state index contributed by atoms with van der Waals surface area (Å²) in [6, 6.07) is 11.5. The fraction of sp³-hybridized carbons (Fsp3) is 0.0476. The van der Waals surface area contributed by atoms with E-state index < -0.39 is 23.4 Å². The number of hydrogen-bond donors (Lipinski definition) is 1. The summed E-state index contributed by atoms with van der Waals surface area (Å²) >= 11 is 7.36. The minimum Gasteiger partial charge on any atom is -0.350 e. The first kappa shape index (κ1) is 19.3. The predicted molar refractivity (Wildman–Crippen MR) is 110 cm³/mol. The molecule has 4 nitrogen and oxygen atoms in total. The van der Waals surface area contributed by atoms with Gasteiger partial charge in [0.1, 0.15) is 5.70 Å². The van der Waals surface area contributed by atoms with Crippen LogP contribution in [0.3, 0.4) is 0 Å². The molecule has 2 heterocycles. The summed E-state index contributed by atoms with van der Waals surface area (Å²) in [7, 11) is 0. The molecule has 0 aliphatic carbocycles. The van der Waals surface area contributed by atoms with Crippen molar-refractivity contribution in [1.82, 2.24) is 0 Å². The van der Waals surface area contributed by atoms with Gasteiger partial charge in [-0.2, -0.15) is 0 Å². The van der Waals surface area contributed by atoms with Gasteiger partial charge in [-0.05, 0) is 48.2 Å². The molecule has 1 N–H and O–H groups in total. The number of imide groups is 1. The van der Waals surface area contributed by atoms with Gasteiger partial charge in [0.2, 0.25) is 0 Å². The maximum Gasteiger partial charge on any atom is 0.282 e. The van der Waals surface area contributed by atoms with Crippen LogP contribution in [0, 0.1) is 18.6 Å². The smallest absolute Gasteiger partial charge is 0.282 e. The van der Waals surface area contributed by atoms with E-state index in [0.29, 0.717) is 15.6 Å². The first-order valence-corrected chi connectivity index (χ1v) is 9.77. The summed E-state index contributed by atoms with van der Waals surface area (Å²) in [4.78, 5) is 27.7. The molecule has 0 atom stereocenters. The molecule has 4 rings (SSSR count). The Bertz CT molecular complexity index is 1180. The van der Waals surface area contributed by atoms with E-state index in [4.69, 9.17) is 11.6 Å². The van der Waals surface area contributed by atoms with Crippen molar-refractivity contribution in [2.45, 2.75) is 6.92 Å². The summed E-state index contributed by atoms with van der Waals surface area (Å²) in [6.07, 6.45) is 0. The van der Waals surface area contributed by atoms with Gasteiger partial charge >= 0.3 is 0 Å². The number of aryl methyl sites for hydroxylation is 1. The van der Waals surface area contributed by atoms with Gasteiger partial charge in [0, 0.05) is 21.7 Å². The standard InChI is InChI=1S/C21H13ClF2N2O2S/c1-11-4-5-12(22)9-16(11)25-19-18(17-3-2-8-29-17)20(27)26(21(19)28)13-6-7-14(23)15(24)10-13/h2-10,25H,1H3. The van der Waals surface area contributed by atoms with Crippen molar-refractivity contribution in [2.75, 3.05) is 10.2 Å². The van der Waals surface area contributed by atoms with Crippen LogP contribution in [0.2, 0.25) is 5.02 Å². The molecular weight excluding hydrogens is 418 g/mol. The lowest BCUT2D eigenvalue weighted by molar-refractivity contribution is -0.120. The molecule has 0 spiro atoms. The Balaban J connectivity index is 1.82. The van der Waals surface area contributed by atoms with E-state index in [1.807, 2.05) is 6.92 Å². The molecule has 1 aliphatic rings. The fourth-order valence-electron chi connectivity index (χ4n) is 3.02. The van der Waals surface area contributed by atoms with E-state index in [1.54, 1.807) is 35.7 Å². The highest BCUT2D eigenvalue weighted by atomic mass is 35.5. The molecule has 0 bridgehead atoms. The van der Waals surface area contributed by atoms with Crippen molar-refractivity contribution >= 4 is 51.7 Å². The zero-order valence-electron chi connectivity index (χ0n) is 15.0.